The molecule has 152 valence electrons. The van der Waals surface area contributed by atoms with Crippen LogP contribution < -0.4 is 10.9 Å². The van der Waals surface area contributed by atoms with E-state index in [1.165, 1.54) is 30.0 Å². The first-order valence-corrected chi connectivity index (χ1v) is 10.9. The first-order valence-electron chi connectivity index (χ1n) is 10.9. The van der Waals surface area contributed by atoms with E-state index in [4.69, 9.17) is 0 Å². The number of benzene rings is 1. The Labute approximate surface area is 171 Å². The van der Waals surface area contributed by atoms with Crippen LogP contribution in [-0.2, 0) is 11.3 Å². The van der Waals surface area contributed by atoms with Gasteiger partial charge >= 0.3 is 0 Å². The van der Waals surface area contributed by atoms with E-state index in [2.05, 4.69) is 28.6 Å². The van der Waals surface area contributed by atoms with E-state index < -0.39 is 0 Å². The molecule has 0 unspecified atom stereocenters. The summed E-state index contributed by atoms with van der Waals surface area (Å²) in [4.78, 5) is 25.3. The third-order valence-corrected chi connectivity index (χ3v) is 7.27. The molecule has 5 heteroatoms. The Morgan fingerprint density at radius 2 is 1.72 bits per heavy atom. The van der Waals surface area contributed by atoms with Gasteiger partial charge < -0.3 is 5.32 Å². The molecule has 4 bridgehead atoms. The van der Waals surface area contributed by atoms with Crippen LogP contribution in [0.15, 0.2) is 35.1 Å². The van der Waals surface area contributed by atoms with Crippen molar-refractivity contribution < 1.29 is 4.79 Å². The summed E-state index contributed by atoms with van der Waals surface area (Å²) in [5, 5.41) is 7.86. The van der Waals surface area contributed by atoms with Crippen molar-refractivity contribution in [2.24, 2.45) is 17.8 Å². The zero-order chi connectivity index (χ0) is 20.2. The molecule has 4 saturated carbocycles. The number of nitrogens with zero attached hydrogens (tertiary/aromatic N) is 2. The minimum Gasteiger partial charge on any atom is -0.349 e. The lowest BCUT2D eigenvalue weighted by Crippen LogP contribution is -2.60. The smallest absolute Gasteiger partial charge is 0.267 e. The van der Waals surface area contributed by atoms with Crippen molar-refractivity contribution in [3.8, 4) is 11.3 Å². The van der Waals surface area contributed by atoms with E-state index in [9.17, 15) is 9.59 Å². The molecule has 0 atom stereocenters. The van der Waals surface area contributed by atoms with Gasteiger partial charge in [-0.25, -0.2) is 4.68 Å². The molecule has 6 rings (SSSR count). The summed E-state index contributed by atoms with van der Waals surface area (Å²) in [6.45, 7) is 4.06. The fourth-order valence-corrected chi connectivity index (χ4v) is 6.45. The van der Waals surface area contributed by atoms with Gasteiger partial charge in [0.25, 0.3) is 5.56 Å². The summed E-state index contributed by atoms with van der Waals surface area (Å²) in [6, 6.07) is 9.46. The molecule has 0 spiro atoms. The molecule has 0 radical (unpaired) electrons. The Bertz CT molecular complexity index is 988. The van der Waals surface area contributed by atoms with Crippen molar-refractivity contribution in [2.75, 3.05) is 0 Å². The van der Waals surface area contributed by atoms with E-state index in [1.54, 1.807) is 6.07 Å². The number of hydrogen-bond donors (Lipinski definition) is 1. The number of hydrogen-bond acceptors (Lipinski definition) is 3. The molecule has 2 aromatic rings. The summed E-state index contributed by atoms with van der Waals surface area (Å²) in [5.41, 5.74) is 3.70. The Morgan fingerprint density at radius 3 is 2.38 bits per heavy atom. The lowest BCUT2D eigenvalue weighted by atomic mass is 9.53. The van der Waals surface area contributed by atoms with Crippen LogP contribution in [0.4, 0.5) is 0 Å². The average Bonchev–Trinajstić information content (AvgIpc) is 2.64. The minimum absolute atomic E-state index is 0.0146. The van der Waals surface area contributed by atoms with E-state index in [0.29, 0.717) is 0 Å². The molecule has 1 aromatic carbocycles. The largest absolute Gasteiger partial charge is 0.349 e. The number of carbonyl (C=O) groups excluding carboxylic acids is 1. The van der Waals surface area contributed by atoms with Gasteiger partial charge in [-0.1, -0.05) is 17.7 Å². The van der Waals surface area contributed by atoms with E-state index in [-0.39, 0.29) is 23.6 Å². The number of amides is 1. The number of aromatic nitrogens is 2. The first kappa shape index (κ1) is 18.6. The Balaban J connectivity index is 1.36. The first-order chi connectivity index (χ1) is 13.9. The lowest BCUT2D eigenvalue weighted by molar-refractivity contribution is -0.127. The van der Waals surface area contributed by atoms with Gasteiger partial charge in [-0.05, 0) is 87.8 Å². The molecule has 4 aliphatic carbocycles. The second kappa shape index (κ2) is 6.82. The molecular weight excluding hydrogens is 362 g/mol. The predicted octanol–water partition coefficient (Wildman–Crippen LogP) is 3.61. The highest BCUT2D eigenvalue weighted by atomic mass is 16.2. The fraction of sp³-hybridized carbons (Fsp3) is 0.542. The third kappa shape index (κ3) is 3.52. The van der Waals surface area contributed by atoms with Gasteiger partial charge in [0.15, 0.2) is 0 Å². The van der Waals surface area contributed by atoms with Gasteiger partial charge in [0, 0.05) is 17.2 Å². The topological polar surface area (TPSA) is 64.0 Å². The van der Waals surface area contributed by atoms with Crippen LogP contribution in [0.5, 0.6) is 0 Å². The Hall–Kier alpha value is -2.43. The molecule has 1 heterocycles. The van der Waals surface area contributed by atoms with Gasteiger partial charge in [0.2, 0.25) is 5.91 Å². The zero-order valence-electron chi connectivity index (χ0n) is 17.3. The van der Waals surface area contributed by atoms with Crippen LogP contribution in [-0.4, -0.2) is 21.2 Å². The van der Waals surface area contributed by atoms with Crippen LogP contribution >= 0.6 is 0 Å². The number of carbonyl (C=O) groups is 1. The summed E-state index contributed by atoms with van der Waals surface area (Å²) in [6.07, 6.45) is 7.34. The summed E-state index contributed by atoms with van der Waals surface area (Å²) in [7, 11) is 0. The highest BCUT2D eigenvalue weighted by Gasteiger charge is 2.51. The predicted molar refractivity (Wildman–Crippen MR) is 112 cm³/mol. The molecule has 0 aliphatic heterocycles. The second-order valence-electron chi connectivity index (χ2n) is 9.78. The SMILES string of the molecule is Cc1ccc(C)c(-c2ccc(=O)n(CC(=O)NC34CC5CC(CC(C5)C3)C4)n2)c1. The lowest BCUT2D eigenvalue weighted by Gasteiger charge is -2.56. The normalized spacial score (nSPS) is 29.8. The van der Waals surface area contributed by atoms with Gasteiger partial charge in [-0.2, -0.15) is 5.10 Å². The Morgan fingerprint density at radius 1 is 1.07 bits per heavy atom. The fourth-order valence-electron chi connectivity index (χ4n) is 6.45. The second-order valence-corrected chi connectivity index (χ2v) is 9.78. The maximum absolute atomic E-state index is 12.9. The number of aryl methyl sites for hydroxylation is 2. The van der Waals surface area contributed by atoms with Crippen LogP contribution in [0.25, 0.3) is 11.3 Å². The van der Waals surface area contributed by atoms with Crippen LogP contribution in [0.1, 0.15) is 49.7 Å². The zero-order valence-corrected chi connectivity index (χ0v) is 17.3. The summed E-state index contributed by atoms with van der Waals surface area (Å²) >= 11 is 0. The molecule has 1 amide bonds. The van der Waals surface area contributed by atoms with Gasteiger partial charge in [0.05, 0.1) is 5.69 Å². The van der Waals surface area contributed by atoms with E-state index in [1.807, 2.05) is 13.8 Å². The molecule has 29 heavy (non-hydrogen) atoms. The van der Waals surface area contributed by atoms with Crippen LogP contribution in [0.2, 0.25) is 0 Å². The molecule has 1 N–H and O–H groups in total. The number of nitrogens with one attached hydrogen (secondary N) is 1. The van der Waals surface area contributed by atoms with Crippen molar-refractivity contribution >= 4 is 5.91 Å². The molecule has 5 nitrogen and oxygen atoms in total. The van der Waals surface area contributed by atoms with Gasteiger partial charge in [-0.15, -0.1) is 0 Å². The van der Waals surface area contributed by atoms with Crippen molar-refractivity contribution in [1.82, 2.24) is 15.1 Å². The molecule has 0 saturated heterocycles. The van der Waals surface area contributed by atoms with E-state index in [0.717, 1.165) is 59.4 Å². The monoisotopic (exact) mass is 391 g/mol. The molecular formula is C24H29N3O2. The summed E-state index contributed by atoms with van der Waals surface area (Å²) in [5.74, 6) is 2.24. The highest BCUT2D eigenvalue weighted by Crippen LogP contribution is 2.55. The number of rotatable bonds is 4. The Kier molecular flexibility index (Phi) is 4.37. The van der Waals surface area contributed by atoms with Gasteiger partial charge in [-0.3, -0.25) is 9.59 Å². The highest BCUT2D eigenvalue weighted by molar-refractivity contribution is 5.76. The standard InChI is InChI=1S/C24H29N3O2/c1-15-3-4-16(2)20(7-15)21-5-6-23(29)27(26-21)14-22(28)25-24-11-17-8-18(12-24)10-19(9-17)13-24/h3-7,17-19H,8-14H2,1-2H3,(H,25,28). The quantitative estimate of drug-likeness (QED) is 0.866. The maximum atomic E-state index is 12.9. The average molecular weight is 392 g/mol. The van der Waals surface area contributed by atoms with Gasteiger partial charge in [0.1, 0.15) is 6.54 Å². The molecule has 1 aromatic heterocycles. The maximum Gasteiger partial charge on any atom is 0.267 e. The third-order valence-electron chi connectivity index (χ3n) is 7.27. The summed E-state index contributed by atoms with van der Waals surface area (Å²) < 4.78 is 1.31. The molecule has 4 fully saturated rings. The van der Waals surface area contributed by atoms with Crippen LogP contribution in [0.3, 0.4) is 0 Å². The minimum atomic E-state index is -0.236. The van der Waals surface area contributed by atoms with Crippen molar-refractivity contribution in [2.45, 2.75) is 64.5 Å². The van der Waals surface area contributed by atoms with Crippen molar-refractivity contribution in [3.63, 3.8) is 0 Å². The van der Waals surface area contributed by atoms with E-state index >= 15 is 0 Å². The van der Waals surface area contributed by atoms with Crippen molar-refractivity contribution in [3.05, 3.63) is 51.8 Å². The van der Waals surface area contributed by atoms with Crippen molar-refractivity contribution in [1.29, 1.82) is 0 Å². The molecule has 4 aliphatic rings. The van der Waals surface area contributed by atoms with Crippen LogP contribution in [0, 0.1) is 31.6 Å².